The highest BCUT2D eigenvalue weighted by molar-refractivity contribution is 6.00. The van der Waals surface area contributed by atoms with Gasteiger partial charge in [0.1, 0.15) is 11.5 Å². The van der Waals surface area contributed by atoms with Gasteiger partial charge in [-0.3, -0.25) is 19.7 Å². The molecule has 1 N–H and O–H groups in total. The van der Waals surface area contributed by atoms with Gasteiger partial charge in [-0.25, -0.2) is 0 Å². The number of ether oxygens (including phenoxy) is 1. The number of aliphatic hydroxyl groups is 1. The van der Waals surface area contributed by atoms with Gasteiger partial charge >= 0.3 is 0 Å². The number of ketones is 2. The molecule has 0 amide bonds. The summed E-state index contributed by atoms with van der Waals surface area (Å²) in [5.41, 5.74) is 0.803. The molecular formula is C19H19NO6. The maximum absolute atomic E-state index is 12.7. The van der Waals surface area contributed by atoms with Crippen molar-refractivity contribution >= 4 is 17.3 Å². The number of fused-ring (bicyclic) bond motifs is 1. The molecule has 0 aromatic heterocycles. The standard InChI is InChI=1S/C19H19NO6/c21-13-6-2-8-15-17(13)16(11-4-1-5-12(10-11)20(24)25)18-14(22)7-3-9-19(18,23)26-15/h1,4-5,10,16,18,23H,2-3,6-9H2/t16-,18+,19-/m1/s1. The van der Waals surface area contributed by atoms with Gasteiger partial charge in [-0.2, -0.15) is 0 Å². The lowest BCUT2D eigenvalue weighted by atomic mass is 9.65. The van der Waals surface area contributed by atoms with E-state index >= 15 is 0 Å². The Morgan fingerprint density at radius 2 is 2.00 bits per heavy atom. The number of nitrogens with zero attached hydrogens (tertiary/aromatic N) is 1. The summed E-state index contributed by atoms with van der Waals surface area (Å²) < 4.78 is 5.81. The molecule has 2 aliphatic carbocycles. The lowest BCUT2D eigenvalue weighted by molar-refractivity contribution is -0.385. The number of non-ortho nitro benzene ring substituents is 1. The summed E-state index contributed by atoms with van der Waals surface area (Å²) in [6.07, 6.45) is 2.64. The van der Waals surface area contributed by atoms with Crippen LogP contribution in [0.25, 0.3) is 0 Å². The van der Waals surface area contributed by atoms with E-state index in [1.165, 1.54) is 12.1 Å². The predicted molar refractivity (Wildman–Crippen MR) is 90.1 cm³/mol. The van der Waals surface area contributed by atoms with Gasteiger partial charge in [0.2, 0.25) is 5.79 Å². The molecule has 1 heterocycles. The molecule has 1 aromatic rings. The highest BCUT2D eigenvalue weighted by Crippen LogP contribution is 2.52. The number of carbonyl (C=O) groups excluding carboxylic acids is 2. The molecule has 0 saturated heterocycles. The normalized spacial score (nSPS) is 31.1. The number of carbonyl (C=O) groups is 2. The molecule has 1 aliphatic heterocycles. The number of allylic oxidation sites excluding steroid dienone is 2. The molecule has 1 aromatic carbocycles. The third-order valence-corrected chi connectivity index (χ3v) is 5.58. The van der Waals surface area contributed by atoms with Crippen LogP contribution < -0.4 is 0 Å². The van der Waals surface area contributed by atoms with E-state index < -0.39 is 22.5 Å². The number of nitro benzene ring substituents is 1. The monoisotopic (exact) mass is 357 g/mol. The van der Waals surface area contributed by atoms with Crippen molar-refractivity contribution < 1.29 is 24.4 Å². The van der Waals surface area contributed by atoms with Crippen LogP contribution in [0.5, 0.6) is 0 Å². The van der Waals surface area contributed by atoms with Crippen LogP contribution in [-0.4, -0.2) is 27.4 Å². The van der Waals surface area contributed by atoms with Crippen molar-refractivity contribution in [2.45, 2.75) is 50.2 Å². The molecule has 4 rings (SSSR count). The SMILES string of the molecule is O=C1CCCC2=C1[C@@H](c1cccc([N+](=O)[O-])c1)[C@@H]1C(=O)CCC[C@@]1(O)O2. The van der Waals surface area contributed by atoms with E-state index in [1.54, 1.807) is 12.1 Å². The van der Waals surface area contributed by atoms with Crippen molar-refractivity contribution in [3.63, 3.8) is 0 Å². The maximum Gasteiger partial charge on any atom is 0.269 e. The summed E-state index contributed by atoms with van der Waals surface area (Å²) in [5.74, 6) is -3.11. The average molecular weight is 357 g/mol. The summed E-state index contributed by atoms with van der Waals surface area (Å²) in [4.78, 5) is 36.0. The van der Waals surface area contributed by atoms with Crippen molar-refractivity contribution in [3.8, 4) is 0 Å². The van der Waals surface area contributed by atoms with Crippen LogP contribution in [0.15, 0.2) is 35.6 Å². The Bertz CT molecular complexity index is 844. The number of nitro groups is 1. The van der Waals surface area contributed by atoms with Gasteiger partial charge in [-0.1, -0.05) is 12.1 Å². The zero-order valence-corrected chi connectivity index (χ0v) is 14.1. The summed E-state index contributed by atoms with van der Waals surface area (Å²) in [6.45, 7) is 0. The van der Waals surface area contributed by atoms with Crippen LogP contribution in [0.1, 0.15) is 50.0 Å². The molecule has 26 heavy (non-hydrogen) atoms. The van der Waals surface area contributed by atoms with E-state index in [-0.39, 0.29) is 17.3 Å². The van der Waals surface area contributed by atoms with Gasteiger partial charge in [-0.15, -0.1) is 0 Å². The number of Topliss-reactive ketones (excluding diaryl/α,β-unsaturated/α-hetero) is 2. The molecule has 0 spiro atoms. The number of hydrogen-bond donors (Lipinski definition) is 1. The fourth-order valence-electron chi connectivity index (χ4n) is 4.50. The minimum absolute atomic E-state index is 0.105. The molecule has 3 aliphatic rings. The first kappa shape index (κ1) is 16.9. The van der Waals surface area contributed by atoms with Gasteiger partial charge in [0.15, 0.2) is 5.78 Å². The van der Waals surface area contributed by atoms with Crippen LogP contribution in [0.4, 0.5) is 5.69 Å². The van der Waals surface area contributed by atoms with Gasteiger partial charge in [0.05, 0.1) is 10.8 Å². The molecule has 7 nitrogen and oxygen atoms in total. The Hall–Kier alpha value is -2.54. The Morgan fingerprint density at radius 3 is 2.77 bits per heavy atom. The van der Waals surface area contributed by atoms with Crippen LogP contribution in [0, 0.1) is 16.0 Å². The maximum atomic E-state index is 12.7. The molecule has 0 unspecified atom stereocenters. The van der Waals surface area contributed by atoms with E-state index in [1.807, 2.05) is 0 Å². The van der Waals surface area contributed by atoms with Crippen molar-refractivity contribution in [3.05, 3.63) is 51.3 Å². The second-order valence-electron chi connectivity index (χ2n) is 7.19. The van der Waals surface area contributed by atoms with Gasteiger partial charge < -0.3 is 9.84 Å². The van der Waals surface area contributed by atoms with E-state index in [0.717, 1.165) is 0 Å². The molecule has 0 radical (unpaired) electrons. The van der Waals surface area contributed by atoms with E-state index in [2.05, 4.69) is 0 Å². The molecule has 0 bridgehead atoms. The summed E-state index contributed by atoms with van der Waals surface area (Å²) in [6, 6.07) is 5.99. The zero-order chi connectivity index (χ0) is 18.5. The molecule has 136 valence electrons. The Morgan fingerprint density at radius 1 is 1.19 bits per heavy atom. The van der Waals surface area contributed by atoms with Gasteiger partial charge in [0, 0.05) is 49.3 Å². The van der Waals surface area contributed by atoms with Gasteiger partial charge in [-0.05, 0) is 18.4 Å². The lowest BCUT2D eigenvalue weighted by Crippen LogP contribution is -2.54. The second kappa shape index (κ2) is 6.02. The quantitative estimate of drug-likeness (QED) is 0.644. The second-order valence-corrected chi connectivity index (χ2v) is 7.19. The first-order valence-corrected chi connectivity index (χ1v) is 8.85. The van der Waals surface area contributed by atoms with Crippen molar-refractivity contribution in [1.82, 2.24) is 0 Å². The fourth-order valence-corrected chi connectivity index (χ4v) is 4.50. The van der Waals surface area contributed by atoms with E-state index in [0.29, 0.717) is 55.4 Å². The first-order valence-electron chi connectivity index (χ1n) is 8.85. The largest absolute Gasteiger partial charge is 0.466 e. The summed E-state index contributed by atoms with van der Waals surface area (Å²) >= 11 is 0. The van der Waals surface area contributed by atoms with Crippen molar-refractivity contribution in [2.24, 2.45) is 5.92 Å². The van der Waals surface area contributed by atoms with Crippen molar-refractivity contribution in [2.75, 3.05) is 0 Å². The minimum atomic E-state index is -1.65. The Kier molecular flexibility index (Phi) is 3.91. The number of rotatable bonds is 2. The summed E-state index contributed by atoms with van der Waals surface area (Å²) in [5, 5.41) is 22.3. The van der Waals surface area contributed by atoms with Crippen LogP contribution in [0.2, 0.25) is 0 Å². The Labute approximate surface area is 149 Å². The third kappa shape index (κ3) is 2.54. The highest BCUT2D eigenvalue weighted by Gasteiger charge is 2.56. The molecule has 1 saturated carbocycles. The van der Waals surface area contributed by atoms with Gasteiger partial charge in [0.25, 0.3) is 5.69 Å². The fraction of sp³-hybridized carbons (Fsp3) is 0.474. The smallest absolute Gasteiger partial charge is 0.269 e. The number of benzene rings is 1. The highest BCUT2D eigenvalue weighted by atomic mass is 16.6. The lowest BCUT2D eigenvalue weighted by Gasteiger charge is -2.48. The third-order valence-electron chi connectivity index (χ3n) is 5.58. The summed E-state index contributed by atoms with van der Waals surface area (Å²) in [7, 11) is 0. The molecule has 7 heteroatoms. The predicted octanol–water partition coefficient (Wildman–Crippen LogP) is 2.77. The average Bonchev–Trinajstić information content (AvgIpc) is 2.60. The van der Waals surface area contributed by atoms with Crippen molar-refractivity contribution in [1.29, 1.82) is 0 Å². The topological polar surface area (TPSA) is 107 Å². The van der Waals surface area contributed by atoms with Crippen LogP contribution in [0.3, 0.4) is 0 Å². The molecule has 1 fully saturated rings. The van der Waals surface area contributed by atoms with Crippen LogP contribution >= 0.6 is 0 Å². The zero-order valence-electron chi connectivity index (χ0n) is 14.1. The molecular weight excluding hydrogens is 338 g/mol. The molecule has 3 atom stereocenters. The Balaban J connectivity index is 1.92. The first-order chi connectivity index (χ1) is 12.4. The van der Waals surface area contributed by atoms with Crippen LogP contribution in [-0.2, 0) is 14.3 Å². The van der Waals surface area contributed by atoms with E-state index in [4.69, 9.17) is 4.74 Å². The van der Waals surface area contributed by atoms with E-state index in [9.17, 15) is 24.8 Å². The minimum Gasteiger partial charge on any atom is -0.466 e. The number of hydrogen-bond acceptors (Lipinski definition) is 6.